The second-order valence-electron chi connectivity index (χ2n) is 5.69. The van der Waals surface area contributed by atoms with Crippen molar-refractivity contribution in [3.05, 3.63) is 59.4 Å². The maximum Gasteiger partial charge on any atom is 0.230 e. The third kappa shape index (κ3) is 3.71. The van der Waals surface area contributed by atoms with Crippen LogP contribution in [0.1, 0.15) is 17.9 Å². The van der Waals surface area contributed by atoms with Gasteiger partial charge in [0.25, 0.3) is 0 Å². The average molecular weight is 331 g/mol. The Morgan fingerprint density at radius 3 is 2.61 bits per heavy atom. The maximum atomic E-state index is 12.9. The summed E-state index contributed by atoms with van der Waals surface area (Å²) in [6.45, 7) is 1.05. The van der Waals surface area contributed by atoms with Gasteiger partial charge < -0.3 is 9.64 Å². The Morgan fingerprint density at radius 2 is 1.96 bits per heavy atom. The van der Waals surface area contributed by atoms with Crippen molar-refractivity contribution in [2.45, 2.75) is 12.3 Å². The second-order valence-corrected chi connectivity index (χ2v) is 6.12. The smallest absolute Gasteiger partial charge is 0.230 e. The molecule has 1 aliphatic rings. The van der Waals surface area contributed by atoms with Gasteiger partial charge in [0, 0.05) is 42.7 Å². The molecule has 0 bridgehead atoms. The highest BCUT2D eigenvalue weighted by Gasteiger charge is 2.45. The van der Waals surface area contributed by atoms with Gasteiger partial charge in [0.15, 0.2) is 0 Å². The number of pyridine rings is 1. The van der Waals surface area contributed by atoms with E-state index in [2.05, 4.69) is 4.98 Å². The third-order valence-corrected chi connectivity index (χ3v) is 4.42. The number of nitrogens with zero attached hydrogens (tertiary/aromatic N) is 2. The molecule has 1 aromatic carbocycles. The van der Waals surface area contributed by atoms with Crippen molar-refractivity contribution >= 4 is 23.2 Å². The molecule has 0 radical (unpaired) electrons. The van der Waals surface area contributed by atoms with Crippen LogP contribution in [0.15, 0.2) is 48.8 Å². The van der Waals surface area contributed by atoms with Gasteiger partial charge in [0.2, 0.25) is 5.91 Å². The van der Waals surface area contributed by atoms with Crippen molar-refractivity contribution < 1.29 is 9.53 Å². The molecule has 0 aliphatic heterocycles. The van der Waals surface area contributed by atoms with Crippen molar-refractivity contribution in [3.8, 4) is 0 Å². The number of hydrogen-bond acceptors (Lipinski definition) is 3. The van der Waals surface area contributed by atoms with Gasteiger partial charge in [-0.1, -0.05) is 23.7 Å². The maximum absolute atomic E-state index is 12.9. The topological polar surface area (TPSA) is 42.4 Å². The fourth-order valence-corrected chi connectivity index (χ4v) is 2.95. The summed E-state index contributed by atoms with van der Waals surface area (Å²) < 4.78 is 5.14. The standard InChI is InChI=1S/C18H19ClN2O2/c1-23-11-10-21(15-6-8-20-9-7-15)18(22)17-12-16(17)13-2-4-14(19)5-3-13/h2-9,16-17H,10-12H2,1H3. The predicted molar refractivity (Wildman–Crippen MR) is 90.8 cm³/mol. The molecule has 2 unspecified atom stereocenters. The van der Waals surface area contributed by atoms with Gasteiger partial charge in [-0.15, -0.1) is 0 Å². The van der Waals surface area contributed by atoms with Crippen LogP contribution in [-0.2, 0) is 9.53 Å². The number of halogens is 1. The molecule has 0 saturated heterocycles. The Morgan fingerprint density at radius 1 is 1.26 bits per heavy atom. The zero-order chi connectivity index (χ0) is 16.2. The summed E-state index contributed by atoms with van der Waals surface area (Å²) in [5.41, 5.74) is 2.04. The Bertz CT molecular complexity index is 660. The van der Waals surface area contributed by atoms with Crippen LogP contribution in [0.25, 0.3) is 0 Å². The van der Waals surface area contributed by atoms with Gasteiger partial charge in [-0.2, -0.15) is 0 Å². The number of rotatable bonds is 6. The SMILES string of the molecule is COCCN(C(=O)C1CC1c1ccc(Cl)cc1)c1ccncc1. The Labute approximate surface area is 141 Å². The minimum atomic E-state index is 0.0289. The van der Waals surface area contributed by atoms with Crippen molar-refractivity contribution in [1.29, 1.82) is 0 Å². The lowest BCUT2D eigenvalue weighted by Crippen LogP contribution is -2.35. The van der Waals surface area contributed by atoms with Gasteiger partial charge in [-0.25, -0.2) is 0 Å². The lowest BCUT2D eigenvalue weighted by molar-refractivity contribution is -0.120. The first-order valence-electron chi connectivity index (χ1n) is 7.66. The second kappa shape index (κ2) is 7.11. The summed E-state index contributed by atoms with van der Waals surface area (Å²) in [7, 11) is 1.64. The molecular formula is C18H19ClN2O2. The number of carbonyl (C=O) groups is 1. The van der Waals surface area contributed by atoms with Crippen LogP contribution >= 0.6 is 11.6 Å². The highest BCUT2D eigenvalue weighted by molar-refractivity contribution is 6.30. The Kier molecular flexibility index (Phi) is 4.94. The summed E-state index contributed by atoms with van der Waals surface area (Å²) >= 11 is 5.93. The summed E-state index contributed by atoms with van der Waals surface area (Å²) in [6, 6.07) is 11.5. The monoisotopic (exact) mass is 330 g/mol. The van der Waals surface area contributed by atoms with Crippen LogP contribution in [0.2, 0.25) is 5.02 Å². The van der Waals surface area contributed by atoms with Crippen molar-refractivity contribution in [2.24, 2.45) is 5.92 Å². The molecular weight excluding hydrogens is 312 g/mol. The van der Waals surface area contributed by atoms with E-state index in [9.17, 15) is 4.79 Å². The van der Waals surface area contributed by atoms with E-state index in [-0.39, 0.29) is 17.7 Å². The molecule has 1 saturated carbocycles. The van der Waals surface area contributed by atoms with Crippen molar-refractivity contribution in [2.75, 3.05) is 25.2 Å². The summed E-state index contributed by atoms with van der Waals surface area (Å²) in [6.07, 6.45) is 4.28. The molecule has 3 rings (SSSR count). The van der Waals surface area contributed by atoms with E-state index in [0.29, 0.717) is 13.2 Å². The third-order valence-electron chi connectivity index (χ3n) is 4.17. The molecule has 0 N–H and O–H groups in total. The van der Waals surface area contributed by atoms with E-state index in [0.717, 1.165) is 17.1 Å². The molecule has 5 heteroatoms. The van der Waals surface area contributed by atoms with E-state index in [1.807, 2.05) is 36.4 Å². The summed E-state index contributed by atoms with van der Waals surface area (Å²) in [5.74, 6) is 0.459. The van der Waals surface area contributed by atoms with E-state index in [1.54, 1.807) is 24.4 Å². The fourth-order valence-electron chi connectivity index (χ4n) is 2.82. The fraction of sp³-hybridized carbons (Fsp3) is 0.333. The van der Waals surface area contributed by atoms with Crippen molar-refractivity contribution in [3.63, 3.8) is 0 Å². The molecule has 1 aromatic heterocycles. The molecule has 23 heavy (non-hydrogen) atoms. The largest absolute Gasteiger partial charge is 0.383 e. The Hall–Kier alpha value is -1.91. The molecule has 2 atom stereocenters. The number of carbonyl (C=O) groups excluding carboxylic acids is 1. The Balaban J connectivity index is 1.73. The number of amides is 1. The zero-order valence-corrected chi connectivity index (χ0v) is 13.7. The minimum absolute atomic E-state index is 0.0289. The minimum Gasteiger partial charge on any atom is -0.383 e. The van der Waals surface area contributed by atoms with E-state index < -0.39 is 0 Å². The van der Waals surface area contributed by atoms with Gasteiger partial charge >= 0.3 is 0 Å². The molecule has 1 fully saturated rings. The molecule has 1 amide bonds. The molecule has 120 valence electrons. The first kappa shape index (κ1) is 16.0. The first-order valence-corrected chi connectivity index (χ1v) is 8.04. The zero-order valence-electron chi connectivity index (χ0n) is 13.0. The quantitative estimate of drug-likeness (QED) is 0.814. The highest BCUT2D eigenvalue weighted by atomic mass is 35.5. The number of hydrogen-bond donors (Lipinski definition) is 0. The molecule has 1 aliphatic carbocycles. The van der Waals surface area contributed by atoms with Crippen LogP contribution in [0.5, 0.6) is 0 Å². The van der Waals surface area contributed by atoms with Gasteiger partial charge in [-0.05, 0) is 42.2 Å². The number of methoxy groups -OCH3 is 1. The number of anilines is 1. The van der Waals surface area contributed by atoms with Crippen molar-refractivity contribution in [1.82, 2.24) is 4.98 Å². The van der Waals surface area contributed by atoms with Crippen LogP contribution in [0, 0.1) is 5.92 Å². The van der Waals surface area contributed by atoms with Crippen LogP contribution in [0.4, 0.5) is 5.69 Å². The first-order chi connectivity index (χ1) is 11.2. The lowest BCUT2D eigenvalue weighted by atomic mass is 10.1. The summed E-state index contributed by atoms with van der Waals surface area (Å²) in [5, 5.41) is 0.718. The number of ether oxygens (including phenoxy) is 1. The van der Waals surface area contributed by atoms with E-state index in [4.69, 9.17) is 16.3 Å². The molecule has 4 nitrogen and oxygen atoms in total. The van der Waals surface area contributed by atoms with Crippen LogP contribution < -0.4 is 4.90 Å². The predicted octanol–water partition coefficient (Wildman–Crippen LogP) is 3.52. The van der Waals surface area contributed by atoms with Gasteiger partial charge in [0.1, 0.15) is 0 Å². The molecule has 2 aromatic rings. The van der Waals surface area contributed by atoms with Gasteiger partial charge in [-0.3, -0.25) is 9.78 Å². The van der Waals surface area contributed by atoms with E-state index in [1.165, 1.54) is 5.56 Å². The number of aromatic nitrogens is 1. The van der Waals surface area contributed by atoms with Crippen LogP contribution in [-0.4, -0.2) is 31.2 Å². The lowest BCUT2D eigenvalue weighted by Gasteiger charge is -2.22. The van der Waals surface area contributed by atoms with Crippen LogP contribution in [0.3, 0.4) is 0 Å². The number of benzene rings is 1. The normalized spacial score (nSPS) is 19.4. The molecule has 1 heterocycles. The molecule has 0 spiro atoms. The highest BCUT2D eigenvalue weighted by Crippen LogP contribution is 2.49. The van der Waals surface area contributed by atoms with E-state index >= 15 is 0 Å². The van der Waals surface area contributed by atoms with Gasteiger partial charge in [0.05, 0.1) is 6.61 Å². The average Bonchev–Trinajstić information content (AvgIpc) is 3.37. The summed E-state index contributed by atoms with van der Waals surface area (Å²) in [4.78, 5) is 18.7.